The predicted molar refractivity (Wildman–Crippen MR) is 97.6 cm³/mol. The quantitative estimate of drug-likeness (QED) is 0.682. The number of aryl methyl sites for hydroxylation is 1. The number of methoxy groups -OCH3 is 1. The summed E-state index contributed by atoms with van der Waals surface area (Å²) < 4.78 is 6.72. The summed E-state index contributed by atoms with van der Waals surface area (Å²) in [6.45, 7) is 3.12. The van der Waals surface area contributed by atoms with Gasteiger partial charge in [0.05, 0.1) is 7.11 Å². The smallest absolute Gasteiger partial charge is 0.314 e. The van der Waals surface area contributed by atoms with Crippen LogP contribution in [-0.4, -0.2) is 44.2 Å². The molecule has 7 nitrogen and oxygen atoms in total. The van der Waals surface area contributed by atoms with Crippen molar-refractivity contribution in [2.45, 2.75) is 13.5 Å². The Bertz CT molecular complexity index is 892. The Kier molecular flexibility index (Phi) is 5.26. The number of carbonyl (C=O) groups excluding carboxylic acids is 1. The minimum atomic E-state index is -0.0333. The number of amides is 1. The Balaban J connectivity index is 1.84. The molecule has 0 spiro atoms. The fraction of sp³-hybridized carbons (Fsp3) is 0.263. The summed E-state index contributed by atoms with van der Waals surface area (Å²) in [5.41, 5.74) is 2.42. The highest BCUT2D eigenvalue weighted by molar-refractivity contribution is 5.95. The van der Waals surface area contributed by atoms with Gasteiger partial charge in [0.15, 0.2) is 5.82 Å². The van der Waals surface area contributed by atoms with Crippen molar-refractivity contribution < 1.29 is 9.53 Å². The van der Waals surface area contributed by atoms with E-state index >= 15 is 0 Å². The molecule has 2 aromatic heterocycles. The molecule has 26 heavy (non-hydrogen) atoms. The molecule has 0 saturated heterocycles. The lowest BCUT2D eigenvalue weighted by atomic mass is 10.1. The van der Waals surface area contributed by atoms with Crippen molar-refractivity contribution in [3.05, 3.63) is 59.9 Å². The summed E-state index contributed by atoms with van der Waals surface area (Å²) in [6, 6.07) is 11.6. The van der Waals surface area contributed by atoms with Gasteiger partial charge in [0, 0.05) is 43.7 Å². The maximum atomic E-state index is 12.9. The lowest BCUT2D eigenvalue weighted by molar-refractivity contribution is 0.0752. The summed E-state index contributed by atoms with van der Waals surface area (Å²) >= 11 is 0. The van der Waals surface area contributed by atoms with E-state index in [2.05, 4.69) is 15.1 Å². The van der Waals surface area contributed by atoms with E-state index in [9.17, 15) is 4.79 Å². The van der Waals surface area contributed by atoms with Crippen LogP contribution in [0.2, 0.25) is 0 Å². The molecule has 0 bridgehead atoms. The van der Waals surface area contributed by atoms with Crippen LogP contribution in [0.5, 0.6) is 6.01 Å². The van der Waals surface area contributed by atoms with E-state index in [-0.39, 0.29) is 5.91 Å². The average molecular weight is 351 g/mol. The van der Waals surface area contributed by atoms with E-state index in [1.807, 2.05) is 37.3 Å². The molecule has 0 unspecified atom stereocenters. The number of ether oxygens (including phenoxy) is 1. The van der Waals surface area contributed by atoms with E-state index in [0.717, 1.165) is 11.1 Å². The topological polar surface area (TPSA) is 73.1 Å². The molecule has 134 valence electrons. The number of hydrogen-bond donors (Lipinski definition) is 0. The van der Waals surface area contributed by atoms with E-state index in [0.29, 0.717) is 30.5 Å². The summed E-state index contributed by atoms with van der Waals surface area (Å²) in [4.78, 5) is 23.1. The molecule has 7 heteroatoms. The monoisotopic (exact) mass is 351 g/mol. The van der Waals surface area contributed by atoms with Crippen molar-refractivity contribution in [3.63, 3.8) is 0 Å². The molecule has 1 aromatic carbocycles. The van der Waals surface area contributed by atoms with Crippen molar-refractivity contribution in [3.8, 4) is 17.4 Å². The van der Waals surface area contributed by atoms with Crippen LogP contribution in [0, 0.1) is 0 Å². The van der Waals surface area contributed by atoms with Gasteiger partial charge in [-0.15, -0.1) is 5.10 Å². The van der Waals surface area contributed by atoms with Crippen molar-refractivity contribution in [1.29, 1.82) is 0 Å². The molecule has 0 N–H and O–H groups in total. The average Bonchev–Trinajstić information content (AvgIpc) is 3.07. The second kappa shape index (κ2) is 7.77. The normalized spacial score (nSPS) is 10.6. The van der Waals surface area contributed by atoms with Crippen LogP contribution in [0.4, 0.5) is 0 Å². The van der Waals surface area contributed by atoms with Gasteiger partial charge >= 0.3 is 6.01 Å². The highest BCUT2D eigenvalue weighted by Crippen LogP contribution is 2.20. The van der Waals surface area contributed by atoms with Crippen LogP contribution in [0.25, 0.3) is 11.4 Å². The Morgan fingerprint density at radius 2 is 2.00 bits per heavy atom. The number of pyridine rings is 1. The fourth-order valence-electron chi connectivity index (χ4n) is 2.68. The van der Waals surface area contributed by atoms with Gasteiger partial charge in [-0.05, 0) is 36.8 Å². The molecule has 3 rings (SSSR count). The molecule has 3 aromatic rings. The Labute approximate surface area is 152 Å². The second-order valence-electron chi connectivity index (χ2n) is 5.80. The maximum Gasteiger partial charge on any atom is 0.314 e. The summed E-state index contributed by atoms with van der Waals surface area (Å²) in [5, 5.41) is 4.33. The van der Waals surface area contributed by atoms with E-state index in [1.165, 1.54) is 0 Å². The van der Waals surface area contributed by atoms with Gasteiger partial charge in [-0.25, -0.2) is 4.68 Å². The first-order valence-electron chi connectivity index (χ1n) is 8.36. The standard InChI is InChI=1S/C19H21N5O2/c1-4-24(13-14-8-10-20-11-9-14)18(25)16-7-5-6-15(12-16)17-21-19(26-3)23(2)22-17/h5-12H,4,13H2,1-3H3. The first-order valence-corrected chi connectivity index (χ1v) is 8.36. The van der Waals surface area contributed by atoms with E-state index in [4.69, 9.17) is 4.74 Å². The van der Waals surface area contributed by atoms with Gasteiger partial charge in [-0.2, -0.15) is 4.98 Å². The third-order valence-electron chi connectivity index (χ3n) is 4.07. The van der Waals surface area contributed by atoms with Gasteiger partial charge < -0.3 is 9.64 Å². The summed E-state index contributed by atoms with van der Waals surface area (Å²) in [7, 11) is 3.31. The second-order valence-corrected chi connectivity index (χ2v) is 5.80. The fourth-order valence-corrected chi connectivity index (χ4v) is 2.68. The zero-order valence-electron chi connectivity index (χ0n) is 15.1. The number of rotatable bonds is 6. The first-order chi connectivity index (χ1) is 12.6. The molecule has 0 aliphatic heterocycles. The first kappa shape index (κ1) is 17.6. The van der Waals surface area contributed by atoms with Gasteiger partial charge in [-0.3, -0.25) is 9.78 Å². The maximum absolute atomic E-state index is 12.9. The molecule has 1 amide bonds. The van der Waals surface area contributed by atoms with Crippen molar-refractivity contribution in [2.75, 3.05) is 13.7 Å². The highest BCUT2D eigenvalue weighted by atomic mass is 16.5. The molecule has 0 saturated carbocycles. The molecule has 0 aliphatic rings. The molecule has 0 aliphatic carbocycles. The minimum Gasteiger partial charge on any atom is -0.467 e. The zero-order valence-corrected chi connectivity index (χ0v) is 15.1. The number of nitrogens with zero attached hydrogens (tertiary/aromatic N) is 5. The molecule has 0 fully saturated rings. The van der Waals surface area contributed by atoms with Gasteiger partial charge in [-0.1, -0.05) is 12.1 Å². The number of hydrogen-bond acceptors (Lipinski definition) is 5. The highest BCUT2D eigenvalue weighted by Gasteiger charge is 2.17. The lowest BCUT2D eigenvalue weighted by Gasteiger charge is -2.21. The third-order valence-corrected chi connectivity index (χ3v) is 4.07. The summed E-state index contributed by atoms with van der Waals surface area (Å²) in [6.07, 6.45) is 3.46. The van der Waals surface area contributed by atoms with Crippen LogP contribution < -0.4 is 4.74 Å². The molecular weight excluding hydrogens is 330 g/mol. The van der Waals surface area contributed by atoms with Gasteiger partial charge in [0.1, 0.15) is 0 Å². The third kappa shape index (κ3) is 3.72. The Hall–Kier alpha value is -3.22. The van der Waals surface area contributed by atoms with Crippen LogP contribution in [0.3, 0.4) is 0 Å². The molecule has 0 radical (unpaired) electrons. The summed E-state index contributed by atoms with van der Waals surface area (Å²) in [5.74, 6) is 0.491. The van der Waals surface area contributed by atoms with Gasteiger partial charge in [0.25, 0.3) is 5.91 Å². The van der Waals surface area contributed by atoms with E-state index in [1.54, 1.807) is 42.2 Å². The van der Waals surface area contributed by atoms with E-state index < -0.39 is 0 Å². The Morgan fingerprint density at radius 3 is 2.65 bits per heavy atom. The largest absolute Gasteiger partial charge is 0.467 e. The number of benzene rings is 1. The molecule has 0 atom stereocenters. The predicted octanol–water partition coefficient (Wildman–Crippen LogP) is 2.55. The lowest BCUT2D eigenvalue weighted by Crippen LogP contribution is -2.30. The van der Waals surface area contributed by atoms with Crippen molar-refractivity contribution in [2.24, 2.45) is 7.05 Å². The van der Waals surface area contributed by atoms with Crippen LogP contribution in [0.1, 0.15) is 22.8 Å². The Morgan fingerprint density at radius 1 is 1.23 bits per heavy atom. The van der Waals surface area contributed by atoms with Crippen LogP contribution in [0.15, 0.2) is 48.8 Å². The van der Waals surface area contributed by atoms with Gasteiger partial charge in [0.2, 0.25) is 0 Å². The number of aromatic nitrogens is 4. The molecule has 2 heterocycles. The van der Waals surface area contributed by atoms with Crippen LogP contribution >= 0.6 is 0 Å². The van der Waals surface area contributed by atoms with Crippen LogP contribution in [-0.2, 0) is 13.6 Å². The molecular formula is C19H21N5O2. The SMILES string of the molecule is CCN(Cc1ccncc1)C(=O)c1cccc(-c2nc(OC)n(C)n2)c1. The zero-order chi connectivity index (χ0) is 18.5. The van der Waals surface area contributed by atoms with Crippen molar-refractivity contribution in [1.82, 2.24) is 24.6 Å². The van der Waals surface area contributed by atoms with Crippen molar-refractivity contribution >= 4 is 5.91 Å². The number of carbonyl (C=O) groups is 1. The minimum absolute atomic E-state index is 0.0333.